The number of alkyl halides is 4. The molecule has 0 radical (unpaired) electrons. The largest absolute Gasteiger partial charge is 0.390 e. The highest BCUT2D eigenvalue weighted by Gasteiger charge is 2.31. The summed E-state index contributed by atoms with van der Waals surface area (Å²) in [4.78, 5) is 1.60. The molecule has 1 rings (SSSR count). The number of aliphatic hydroxyl groups is 2. The Hall–Kier alpha value is -0.190. The number of halogens is 5. The summed E-state index contributed by atoms with van der Waals surface area (Å²) in [5.74, 6) is -6.06. The average Bonchev–Trinajstić information content (AvgIpc) is 2.40. The molecule has 1 aliphatic heterocycles. The Morgan fingerprint density at radius 2 is 1.45 bits per heavy atom. The Labute approximate surface area is 121 Å². The van der Waals surface area contributed by atoms with Crippen molar-refractivity contribution in [3.63, 3.8) is 0 Å². The van der Waals surface area contributed by atoms with Crippen LogP contribution in [-0.4, -0.2) is 79.6 Å². The van der Waals surface area contributed by atoms with E-state index in [4.69, 9.17) is 14.9 Å². The Kier molecular flexibility index (Phi) is 11.6. The fourth-order valence-corrected chi connectivity index (χ4v) is 1.20. The van der Waals surface area contributed by atoms with E-state index in [1.54, 1.807) is 4.90 Å². The minimum Gasteiger partial charge on any atom is -0.390 e. The van der Waals surface area contributed by atoms with Gasteiger partial charge in [-0.15, -0.1) is 12.4 Å². The molecule has 0 aromatic heterocycles. The summed E-state index contributed by atoms with van der Waals surface area (Å²) < 4.78 is 53.2. The first-order valence-electron chi connectivity index (χ1n) is 5.74. The van der Waals surface area contributed by atoms with Gasteiger partial charge in [-0.3, -0.25) is 4.90 Å². The van der Waals surface area contributed by atoms with E-state index in [0.717, 1.165) is 0 Å². The molecule has 0 spiro atoms. The number of hydrogen-bond donors (Lipinski definition) is 3. The molecule has 20 heavy (non-hydrogen) atoms. The van der Waals surface area contributed by atoms with Crippen LogP contribution in [0.1, 0.15) is 0 Å². The number of aliphatic hydroxyl groups excluding tert-OH is 2. The van der Waals surface area contributed by atoms with Crippen LogP contribution in [-0.2, 0) is 4.74 Å². The second-order valence-electron chi connectivity index (χ2n) is 4.12. The lowest BCUT2D eigenvalue weighted by Gasteiger charge is -2.29. The normalized spacial score (nSPS) is 16.9. The molecule has 0 atom stereocenters. The fourth-order valence-electron chi connectivity index (χ4n) is 1.20. The minimum absolute atomic E-state index is 0. The summed E-state index contributed by atoms with van der Waals surface area (Å²) in [7, 11) is 0. The van der Waals surface area contributed by atoms with Crippen LogP contribution in [0.25, 0.3) is 0 Å². The van der Waals surface area contributed by atoms with Gasteiger partial charge in [-0.05, 0) is 0 Å². The first-order chi connectivity index (χ1) is 8.76. The third kappa shape index (κ3) is 10.6. The molecule has 0 amide bonds. The average molecular weight is 329 g/mol. The molecule has 0 aliphatic carbocycles. The second-order valence-corrected chi connectivity index (χ2v) is 4.12. The molecule has 124 valence electrons. The van der Waals surface area contributed by atoms with Crippen molar-refractivity contribution in [2.24, 2.45) is 5.73 Å². The molecule has 5 nitrogen and oxygen atoms in total. The molecule has 4 N–H and O–H groups in total. The number of morpholine rings is 1. The van der Waals surface area contributed by atoms with Gasteiger partial charge < -0.3 is 20.7 Å². The van der Waals surface area contributed by atoms with Crippen LogP contribution in [0, 0.1) is 0 Å². The number of nitrogens with zero attached hydrogens (tertiary/aromatic N) is 1. The van der Waals surface area contributed by atoms with Crippen molar-refractivity contribution in [3.8, 4) is 0 Å². The van der Waals surface area contributed by atoms with E-state index in [2.05, 4.69) is 5.73 Å². The lowest BCUT2D eigenvalue weighted by molar-refractivity contribution is -0.0871. The summed E-state index contributed by atoms with van der Waals surface area (Å²) in [5.41, 5.74) is 4.51. The highest BCUT2D eigenvalue weighted by Crippen LogP contribution is 2.14. The topological polar surface area (TPSA) is 79.0 Å². The van der Waals surface area contributed by atoms with E-state index in [9.17, 15) is 17.6 Å². The monoisotopic (exact) mass is 328 g/mol. The zero-order valence-corrected chi connectivity index (χ0v) is 11.7. The highest BCUT2D eigenvalue weighted by atomic mass is 35.5. The molecule has 0 saturated carbocycles. The highest BCUT2D eigenvalue weighted by molar-refractivity contribution is 5.85. The van der Waals surface area contributed by atoms with E-state index in [1.165, 1.54) is 0 Å². The molecule has 0 aromatic carbocycles. The summed E-state index contributed by atoms with van der Waals surface area (Å²) in [6.45, 7) is -1.35. The molecular weight excluding hydrogens is 308 g/mol. The van der Waals surface area contributed by atoms with Crippen molar-refractivity contribution in [1.82, 2.24) is 4.90 Å². The number of rotatable bonds is 5. The standard InChI is InChI=1S/C7H13F2NO2.C3H7F2NO.ClH/c8-7(9,6-11)5-10-1-3-12-4-2-10;4-3(5,1-6)2-7;/h11H,1-6H2;7H,1-2,6H2;1H. The number of ether oxygens (including phenoxy) is 1. The Bertz CT molecular complexity index is 239. The van der Waals surface area contributed by atoms with Gasteiger partial charge in [0.1, 0.15) is 13.2 Å². The predicted molar refractivity (Wildman–Crippen MR) is 67.6 cm³/mol. The van der Waals surface area contributed by atoms with Crippen LogP contribution < -0.4 is 5.73 Å². The van der Waals surface area contributed by atoms with E-state index in [0.29, 0.717) is 26.3 Å². The first-order valence-corrected chi connectivity index (χ1v) is 5.74. The molecule has 0 aromatic rings. The molecular formula is C10H21ClF4N2O3. The van der Waals surface area contributed by atoms with Crippen molar-refractivity contribution < 1.29 is 32.5 Å². The van der Waals surface area contributed by atoms with Crippen molar-refractivity contribution in [2.45, 2.75) is 11.8 Å². The number of nitrogens with two attached hydrogens (primary N) is 1. The molecule has 0 bridgehead atoms. The zero-order valence-electron chi connectivity index (χ0n) is 10.9. The van der Waals surface area contributed by atoms with Crippen LogP contribution in [0.3, 0.4) is 0 Å². The Balaban J connectivity index is 0. The maximum atomic E-state index is 12.6. The fraction of sp³-hybridized carbons (Fsp3) is 1.00. The molecule has 1 heterocycles. The maximum absolute atomic E-state index is 12.6. The van der Waals surface area contributed by atoms with Gasteiger partial charge in [0.25, 0.3) is 11.8 Å². The summed E-state index contributed by atoms with van der Waals surface area (Å²) in [6, 6.07) is 0. The third-order valence-electron chi connectivity index (χ3n) is 2.32. The molecule has 0 unspecified atom stereocenters. The van der Waals surface area contributed by atoms with Crippen LogP contribution in [0.5, 0.6) is 0 Å². The van der Waals surface area contributed by atoms with Gasteiger partial charge in [0.05, 0.1) is 26.3 Å². The van der Waals surface area contributed by atoms with Crippen LogP contribution in [0.2, 0.25) is 0 Å². The smallest absolute Gasteiger partial charge is 0.283 e. The third-order valence-corrected chi connectivity index (χ3v) is 2.32. The van der Waals surface area contributed by atoms with Gasteiger partial charge in [-0.1, -0.05) is 0 Å². The van der Waals surface area contributed by atoms with Crippen molar-refractivity contribution in [3.05, 3.63) is 0 Å². The van der Waals surface area contributed by atoms with E-state index < -0.39 is 31.6 Å². The van der Waals surface area contributed by atoms with Gasteiger partial charge in [-0.2, -0.15) is 0 Å². The summed E-state index contributed by atoms with van der Waals surface area (Å²) >= 11 is 0. The van der Waals surface area contributed by atoms with Crippen LogP contribution in [0.15, 0.2) is 0 Å². The van der Waals surface area contributed by atoms with Crippen LogP contribution in [0.4, 0.5) is 17.6 Å². The van der Waals surface area contributed by atoms with E-state index >= 15 is 0 Å². The summed E-state index contributed by atoms with van der Waals surface area (Å²) in [5, 5.41) is 16.1. The van der Waals surface area contributed by atoms with Gasteiger partial charge in [0.2, 0.25) is 0 Å². The van der Waals surface area contributed by atoms with Gasteiger partial charge in [-0.25, -0.2) is 17.6 Å². The lowest BCUT2D eigenvalue weighted by atomic mass is 10.3. The predicted octanol–water partition coefficient (Wildman–Crippen LogP) is -0.0593. The van der Waals surface area contributed by atoms with E-state index in [-0.39, 0.29) is 19.0 Å². The Morgan fingerprint density at radius 1 is 1.00 bits per heavy atom. The lowest BCUT2D eigenvalue weighted by Crippen LogP contribution is -2.44. The van der Waals surface area contributed by atoms with Gasteiger partial charge in [0.15, 0.2) is 0 Å². The molecule has 10 heteroatoms. The molecule has 1 aliphatic rings. The van der Waals surface area contributed by atoms with Crippen LogP contribution >= 0.6 is 12.4 Å². The summed E-state index contributed by atoms with van der Waals surface area (Å²) in [6.07, 6.45) is 0. The second kappa shape index (κ2) is 10.5. The van der Waals surface area contributed by atoms with E-state index in [1.807, 2.05) is 0 Å². The zero-order chi connectivity index (χ0) is 14.9. The minimum atomic E-state index is -3.08. The van der Waals surface area contributed by atoms with Crippen molar-refractivity contribution >= 4 is 12.4 Å². The van der Waals surface area contributed by atoms with Gasteiger partial charge in [0, 0.05) is 13.1 Å². The Morgan fingerprint density at radius 3 is 1.75 bits per heavy atom. The maximum Gasteiger partial charge on any atom is 0.283 e. The number of hydrogen-bond acceptors (Lipinski definition) is 5. The first kappa shape index (κ1) is 22.1. The van der Waals surface area contributed by atoms with Crippen molar-refractivity contribution in [2.75, 3.05) is 52.6 Å². The SMILES string of the molecule is Cl.NCC(F)(F)CO.OCC(F)(F)CN1CCOCC1. The molecule has 1 fully saturated rings. The van der Waals surface area contributed by atoms with Crippen molar-refractivity contribution in [1.29, 1.82) is 0 Å². The molecule has 1 saturated heterocycles. The van der Waals surface area contributed by atoms with Gasteiger partial charge >= 0.3 is 0 Å². The quantitative estimate of drug-likeness (QED) is 0.616.